The monoisotopic (exact) mass is 299 g/mol. The minimum Gasteiger partial charge on any atom is -0.477 e. The van der Waals surface area contributed by atoms with Crippen LogP contribution >= 0.6 is 0 Å². The van der Waals surface area contributed by atoms with Crippen LogP contribution in [-0.2, 0) is 0 Å². The number of nitrogens with zero attached hydrogens (tertiary/aromatic N) is 1. The number of aromatic carboxylic acids is 1. The van der Waals surface area contributed by atoms with Crippen LogP contribution in [-0.4, -0.2) is 15.6 Å². The Balaban J connectivity index is 2.62. The van der Waals surface area contributed by atoms with Crippen LogP contribution in [0.4, 0.5) is 0 Å². The van der Waals surface area contributed by atoms with Gasteiger partial charge in [0, 0.05) is 6.04 Å². The molecule has 0 bridgehead atoms. The van der Waals surface area contributed by atoms with Crippen LogP contribution in [0.25, 0.3) is 11.3 Å². The fourth-order valence-corrected chi connectivity index (χ4v) is 2.50. The second kappa shape index (κ2) is 6.18. The Kier molecular flexibility index (Phi) is 4.50. The van der Waals surface area contributed by atoms with Crippen LogP contribution in [0.2, 0.25) is 0 Å². The topological polar surface area (TPSA) is 59.3 Å². The maximum Gasteiger partial charge on any atom is 0.341 e. The number of hydrogen-bond donors (Lipinski definition) is 1. The molecule has 0 amide bonds. The average molecular weight is 299 g/mol. The lowest BCUT2D eigenvalue weighted by Crippen LogP contribution is -2.28. The van der Waals surface area contributed by atoms with E-state index in [4.69, 9.17) is 5.11 Å². The maximum absolute atomic E-state index is 12.4. The Bertz CT molecular complexity index is 740. The highest BCUT2D eigenvalue weighted by molar-refractivity contribution is 5.87. The Morgan fingerprint density at radius 2 is 1.59 bits per heavy atom. The molecule has 0 fully saturated rings. The van der Waals surface area contributed by atoms with Crippen molar-refractivity contribution >= 4 is 5.97 Å². The van der Waals surface area contributed by atoms with E-state index in [0.717, 1.165) is 11.3 Å². The summed E-state index contributed by atoms with van der Waals surface area (Å²) in [5.74, 6) is -0.753. The summed E-state index contributed by atoms with van der Waals surface area (Å²) in [4.78, 5) is 23.6. The Labute approximate surface area is 130 Å². The first-order valence-corrected chi connectivity index (χ1v) is 7.42. The van der Waals surface area contributed by atoms with Gasteiger partial charge in [0.15, 0.2) is 0 Å². The molecule has 0 radical (unpaired) electrons. The van der Waals surface area contributed by atoms with Crippen molar-refractivity contribution in [3.8, 4) is 11.3 Å². The van der Waals surface area contributed by atoms with E-state index in [1.54, 1.807) is 6.07 Å². The van der Waals surface area contributed by atoms with Gasteiger partial charge in [0.05, 0.1) is 5.69 Å². The van der Waals surface area contributed by atoms with Gasteiger partial charge in [-0.1, -0.05) is 38.1 Å². The van der Waals surface area contributed by atoms with Gasteiger partial charge in [-0.15, -0.1) is 0 Å². The molecular formula is C18H21NO3. The van der Waals surface area contributed by atoms with Crippen molar-refractivity contribution in [1.29, 1.82) is 0 Å². The Morgan fingerprint density at radius 1 is 1.00 bits per heavy atom. The quantitative estimate of drug-likeness (QED) is 0.931. The van der Waals surface area contributed by atoms with E-state index in [1.807, 2.05) is 38.1 Å². The number of rotatable bonds is 4. The highest BCUT2D eigenvalue weighted by Gasteiger charge is 2.16. The lowest BCUT2D eigenvalue weighted by atomic mass is 10.00. The fourth-order valence-electron chi connectivity index (χ4n) is 2.50. The molecular weight excluding hydrogens is 278 g/mol. The van der Waals surface area contributed by atoms with E-state index in [2.05, 4.69) is 13.8 Å². The molecule has 0 spiro atoms. The predicted molar refractivity (Wildman–Crippen MR) is 87.6 cm³/mol. The molecule has 0 unspecified atom stereocenters. The number of benzene rings is 1. The van der Waals surface area contributed by atoms with Gasteiger partial charge in [-0.05, 0) is 43.0 Å². The first-order chi connectivity index (χ1) is 10.3. The van der Waals surface area contributed by atoms with E-state index < -0.39 is 11.5 Å². The Morgan fingerprint density at radius 3 is 2.05 bits per heavy atom. The summed E-state index contributed by atoms with van der Waals surface area (Å²) < 4.78 is 1.54. The highest BCUT2D eigenvalue weighted by atomic mass is 16.4. The summed E-state index contributed by atoms with van der Waals surface area (Å²) in [5, 5.41) is 9.12. The molecule has 0 saturated carbocycles. The van der Waals surface area contributed by atoms with Crippen LogP contribution in [0.3, 0.4) is 0 Å². The number of pyridine rings is 1. The van der Waals surface area contributed by atoms with Crippen molar-refractivity contribution in [3.05, 3.63) is 57.9 Å². The largest absolute Gasteiger partial charge is 0.477 e. The van der Waals surface area contributed by atoms with Gasteiger partial charge < -0.3 is 9.67 Å². The van der Waals surface area contributed by atoms with Crippen molar-refractivity contribution in [2.75, 3.05) is 0 Å². The van der Waals surface area contributed by atoms with Crippen molar-refractivity contribution < 1.29 is 9.90 Å². The molecule has 22 heavy (non-hydrogen) atoms. The third-order valence-corrected chi connectivity index (χ3v) is 3.74. The minimum absolute atomic E-state index is 0.119. The van der Waals surface area contributed by atoms with Crippen molar-refractivity contribution in [2.24, 2.45) is 0 Å². The van der Waals surface area contributed by atoms with E-state index in [-0.39, 0.29) is 11.6 Å². The van der Waals surface area contributed by atoms with Gasteiger partial charge in [0.1, 0.15) is 5.56 Å². The highest BCUT2D eigenvalue weighted by Crippen LogP contribution is 2.24. The molecule has 0 saturated heterocycles. The average Bonchev–Trinajstić information content (AvgIpc) is 2.46. The molecule has 0 aliphatic carbocycles. The summed E-state index contributed by atoms with van der Waals surface area (Å²) >= 11 is 0. The van der Waals surface area contributed by atoms with E-state index in [9.17, 15) is 9.59 Å². The summed E-state index contributed by atoms with van der Waals surface area (Å²) in [6.07, 6.45) is 0. The Hall–Kier alpha value is -2.36. The zero-order chi connectivity index (χ0) is 16.4. The summed E-state index contributed by atoms with van der Waals surface area (Å²) in [6.45, 7) is 8.00. The lowest BCUT2D eigenvalue weighted by molar-refractivity contribution is 0.0694. The van der Waals surface area contributed by atoms with Gasteiger partial charge in [-0.25, -0.2) is 4.79 Å². The maximum atomic E-state index is 12.4. The van der Waals surface area contributed by atoms with Crippen LogP contribution in [0, 0.1) is 0 Å². The first-order valence-electron chi connectivity index (χ1n) is 7.42. The number of aromatic nitrogens is 1. The van der Waals surface area contributed by atoms with Gasteiger partial charge in [-0.2, -0.15) is 0 Å². The second-order valence-corrected chi connectivity index (χ2v) is 5.98. The predicted octanol–water partition coefficient (Wildman–Crippen LogP) is 3.92. The van der Waals surface area contributed by atoms with Crippen LogP contribution < -0.4 is 5.56 Å². The molecule has 0 aliphatic heterocycles. The molecule has 1 aromatic heterocycles. The first kappa shape index (κ1) is 16.0. The molecule has 1 aromatic carbocycles. The van der Waals surface area contributed by atoms with Gasteiger partial charge in [0.2, 0.25) is 0 Å². The summed E-state index contributed by atoms with van der Waals surface area (Å²) in [7, 11) is 0. The van der Waals surface area contributed by atoms with Gasteiger partial charge in [0.25, 0.3) is 5.56 Å². The molecule has 4 nitrogen and oxygen atoms in total. The third-order valence-electron chi connectivity index (χ3n) is 3.74. The second-order valence-electron chi connectivity index (χ2n) is 5.98. The third kappa shape index (κ3) is 2.96. The number of carbonyl (C=O) groups is 1. The molecule has 116 valence electrons. The van der Waals surface area contributed by atoms with Crippen molar-refractivity contribution in [3.63, 3.8) is 0 Å². The van der Waals surface area contributed by atoms with Gasteiger partial charge in [-0.3, -0.25) is 4.79 Å². The molecule has 2 rings (SSSR count). The standard InChI is InChI=1S/C18H21NO3/c1-11(2)13-5-7-14(8-6-13)16-10-9-15(18(21)22)17(20)19(16)12(3)4/h5-12H,1-4H3,(H,21,22). The minimum atomic E-state index is -1.19. The van der Waals surface area contributed by atoms with Crippen molar-refractivity contribution in [2.45, 2.75) is 39.7 Å². The van der Waals surface area contributed by atoms with Gasteiger partial charge >= 0.3 is 5.97 Å². The normalized spacial score (nSPS) is 11.2. The summed E-state index contributed by atoms with van der Waals surface area (Å²) in [5.41, 5.74) is 2.21. The van der Waals surface area contributed by atoms with Crippen LogP contribution in [0.5, 0.6) is 0 Å². The van der Waals surface area contributed by atoms with Crippen molar-refractivity contribution in [1.82, 2.24) is 4.57 Å². The molecule has 4 heteroatoms. The fraction of sp³-hybridized carbons (Fsp3) is 0.333. The molecule has 2 aromatic rings. The molecule has 0 aliphatic rings. The zero-order valence-electron chi connectivity index (χ0n) is 13.3. The molecule has 1 N–H and O–H groups in total. The molecule has 1 heterocycles. The number of carboxylic acids is 1. The SMILES string of the molecule is CC(C)c1ccc(-c2ccc(C(=O)O)c(=O)n2C(C)C)cc1. The van der Waals surface area contributed by atoms with E-state index in [1.165, 1.54) is 16.2 Å². The molecule has 0 atom stereocenters. The van der Waals surface area contributed by atoms with E-state index >= 15 is 0 Å². The van der Waals surface area contributed by atoms with E-state index in [0.29, 0.717) is 5.92 Å². The zero-order valence-corrected chi connectivity index (χ0v) is 13.3. The number of hydrogen-bond acceptors (Lipinski definition) is 2. The van der Waals surface area contributed by atoms with Crippen LogP contribution in [0.15, 0.2) is 41.2 Å². The number of carboxylic acid groups (broad SMARTS) is 1. The van der Waals surface area contributed by atoms with Crippen LogP contribution in [0.1, 0.15) is 55.6 Å². The smallest absolute Gasteiger partial charge is 0.341 e. The lowest BCUT2D eigenvalue weighted by Gasteiger charge is -2.17. The summed E-state index contributed by atoms with van der Waals surface area (Å²) in [6, 6.07) is 11.0.